The van der Waals surface area contributed by atoms with E-state index in [2.05, 4.69) is 24.0 Å². The van der Waals surface area contributed by atoms with Gasteiger partial charge in [-0.1, -0.05) is 0 Å². The molecule has 2 radical (unpaired) electrons. The van der Waals surface area contributed by atoms with E-state index < -0.39 is 0 Å². The van der Waals surface area contributed by atoms with Crippen LogP contribution in [0.2, 0.25) is 0 Å². The molecule has 0 rings (SSSR count). The van der Waals surface area contributed by atoms with Crippen molar-refractivity contribution in [2.45, 2.75) is 0 Å². The van der Waals surface area contributed by atoms with Gasteiger partial charge in [0.2, 0.25) is 0 Å². The quantitative estimate of drug-likeness (QED) is 0.274. The molecule has 0 saturated carbocycles. The molecule has 0 heterocycles. The zero-order chi connectivity index (χ0) is 2.71. The fraction of sp³-hybridized carbons (Fsp3) is 0. The Kier molecular flexibility index (Phi) is 50.7. The number of halogens is 3. The van der Waals surface area contributed by atoms with Crippen molar-refractivity contribution in [3.8, 4) is 0 Å². The molecule has 0 aromatic rings. The van der Waals surface area contributed by atoms with Gasteiger partial charge in [-0.25, -0.2) is 0 Å². The van der Waals surface area contributed by atoms with Crippen molar-refractivity contribution in [3.63, 3.8) is 0 Å². The molecule has 0 aliphatic heterocycles. The first-order valence-electron chi connectivity index (χ1n) is 0.378. The topological polar surface area (TPSA) is 0 Å². The van der Waals surface area contributed by atoms with Crippen molar-refractivity contribution in [2.75, 3.05) is 0 Å². The summed E-state index contributed by atoms with van der Waals surface area (Å²) in [4.78, 5) is 0. The fourth-order valence-electron chi connectivity index (χ4n) is 0. The Balaban J connectivity index is -0.0000000200. The van der Waals surface area contributed by atoms with Crippen LogP contribution in [-0.4, -0.2) is 19.4 Å². The van der Waals surface area contributed by atoms with Crippen LogP contribution in [0.3, 0.4) is 0 Å². The average molecular weight is 535 g/mol. The Labute approximate surface area is 120 Å². The van der Waals surface area contributed by atoms with Gasteiger partial charge in [-0.15, -0.1) is 0 Å². The predicted molar refractivity (Wildman–Crippen MR) is 23.6 cm³/mol. The summed E-state index contributed by atoms with van der Waals surface area (Å²) in [5, 5.41) is 0. The summed E-state index contributed by atoms with van der Waals surface area (Å²) in [6.45, 7) is 0. The van der Waals surface area contributed by atoms with Crippen molar-refractivity contribution in [3.05, 3.63) is 0 Å². The molecule has 5 heteroatoms. The standard InChI is InChI=1S/2BrH.ClH.Cs.Pb/h3*1H;;/q;;;+1;+2/p-3. The molecule has 0 aromatic heterocycles. The maximum absolute atomic E-state index is 3.26. The van der Waals surface area contributed by atoms with E-state index in [1.165, 1.54) is 0 Å². The second-order valence-corrected chi connectivity index (χ2v) is 16.9. The summed E-state index contributed by atoms with van der Waals surface area (Å²) in [5.74, 6) is 0. The first-order valence-corrected chi connectivity index (χ1v) is 17.2. The molecular formula is Br2ClCsPb. The van der Waals surface area contributed by atoms with Crippen LogP contribution in [0.1, 0.15) is 0 Å². The number of hydrogen-bond donors (Lipinski definition) is 0. The van der Waals surface area contributed by atoms with Crippen molar-refractivity contribution in [1.29, 1.82) is 0 Å². The van der Waals surface area contributed by atoms with Crippen molar-refractivity contribution >= 4 is 43.4 Å². The van der Waals surface area contributed by atoms with Crippen molar-refractivity contribution < 1.29 is 81.3 Å². The Morgan fingerprint density at radius 3 is 1.20 bits per heavy atom. The molecule has 0 aromatic carbocycles. The van der Waals surface area contributed by atoms with Gasteiger partial charge in [0.1, 0.15) is 0 Å². The minimum atomic E-state index is -0.292. The number of hydrogen-bond acceptors (Lipinski definition) is 0. The Bertz CT molecular complexity index is 9.61. The molecule has 0 atom stereocenters. The molecule has 0 spiro atoms. The first kappa shape index (κ1) is 16.1. The third-order valence-electron chi connectivity index (χ3n) is 0. The normalized spacial score (nSPS) is 3.60. The molecule has 0 bridgehead atoms. The van der Waals surface area contributed by atoms with Gasteiger partial charge in [0.15, 0.2) is 0 Å². The van der Waals surface area contributed by atoms with E-state index in [0.717, 1.165) is 0 Å². The zero-order valence-electron chi connectivity index (χ0n) is 2.63. The molecule has 5 heavy (non-hydrogen) atoms. The molecule has 0 N–H and O–H groups in total. The summed E-state index contributed by atoms with van der Waals surface area (Å²) in [7, 11) is 0. The zero-order valence-corrected chi connectivity index (χ0v) is 16.7. The summed E-state index contributed by atoms with van der Waals surface area (Å²) < 4.78 is 0. The van der Waals surface area contributed by atoms with E-state index in [9.17, 15) is 0 Å². The smallest absolute Gasteiger partial charge is 1.00 e. The molecule has 0 aliphatic rings. The minimum Gasteiger partial charge on any atom is -1.00 e. The maximum Gasteiger partial charge on any atom is 1.00 e. The Hall–Kier alpha value is 4.22. The van der Waals surface area contributed by atoms with E-state index in [1.807, 2.05) is 0 Å². The maximum atomic E-state index is 3.26. The molecule has 26 valence electrons. The van der Waals surface area contributed by atoms with Crippen LogP contribution in [0.15, 0.2) is 0 Å². The summed E-state index contributed by atoms with van der Waals surface area (Å²) in [5.41, 5.74) is 0. The molecular weight excluding hydrogens is 535 g/mol. The molecule has 0 aliphatic carbocycles. The summed E-state index contributed by atoms with van der Waals surface area (Å²) >= 11 is 6.22. The van der Waals surface area contributed by atoms with Crippen molar-refractivity contribution in [1.82, 2.24) is 0 Å². The largest absolute Gasteiger partial charge is 1.00 e. The molecule has 0 unspecified atom stereocenters. The van der Waals surface area contributed by atoms with Gasteiger partial charge in [0, 0.05) is 0 Å². The SMILES string of the molecule is [Br][Pb][Br].[Cl-].[Cs+]. The monoisotopic (exact) mass is 534 g/mol. The predicted octanol–water partition coefficient (Wildman–Crippen LogP) is -4.68. The van der Waals surface area contributed by atoms with Gasteiger partial charge in [0.25, 0.3) is 0 Å². The second-order valence-electron chi connectivity index (χ2n) is 0.0714. The van der Waals surface area contributed by atoms with Gasteiger partial charge in [-0.05, 0) is 0 Å². The minimum absolute atomic E-state index is 0. The van der Waals surface area contributed by atoms with Gasteiger partial charge in [-0.3, -0.25) is 0 Å². The van der Waals surface area contributed by atoms with Gasteiger partial charge in [0.05, 0.1) is 0 Å². The van der Waals surface area contributed by atoms with Crippen LogP contribution in [0.5, 0.6) is 0 Å². The Morgan fingerprint density at radius 1 is 1.20 bits per heavy atom. The van der Waals surface area contributed by atoms with Crippen LogP contribution in [0.25, 0.3) is 0 Å². The van der Waals surface area contributed by atoms with Gasteiger partial charge >= 0.3 is 112 Å². The second kappa shape index (κ2) is 15.7. The van der Waals surface area contributed by atoms with Crippen LogP contribution in [-0.2, 0) is 0 Å². The average Bonchev–Trinajstić information content (AvgIpc) is 0.918. The van der Waals surface area contributed by atoms with E-state index in [4.69, 9.17) is 0 Å². The third kappa shape index (κ3) is 17.9. The number of rotatable bonds is 0. The van der Waals surface area contributed by atoms with Crippen LogP contribution >= 0.6 is 24.0 Å². The van der Waals surface area contributed by atoms with Crippen LogP contribution in [0.4, 0.5) is 0 Å². The summed E-state index contributed by atoms with van der Waals surface area (Å²) in [6, 6.07) is 0. The fourth-order valence-corrected chi connectivity index (χ4v) is 0. The van der Waals surface area contributed by atoms with Crippen LogP contribution < -0.4 is 81.3 Å². The summed E-state index contributed by atoms with van der Waals surface area (Å²) in [6.07, 6.45) is 0. The van der Waals surface area contributed by atoms with Crippen molar-refractivity contribution in [2.24, 2.45) is 0 Å². The molecule has 0 saturated heterocycles. The van der Waals surface area contributed by atoms with Crippen LogP contribution in [0, 0.1) is 0 Å². The van der Waals surface area contributed by atoms with E-state index >= 15 is 0 Å². The van der Waals surface area contributed by atoms with E-state index in [1.54, 1.807) is 0 Å². The third-order valence-corrected chi connectivity index (χ3v) is 0. The molecule has 0 fully saturated rings. The van der Waals surface area contributed by atoms with Gasteiger partial charge in [-0.2, -0.15) is 0 Å². The van der Waals surface area contributed by atoms with E-state index in [0.29, 0.717) is 0 Å². The first-order chi connectivity index (χ1) is 1.41. The molecule has 0 amide bonds. The van der Waals surface area contributed by atoms with Gasteiger partial charge < -0.3 is 12.4 Å². The van der Waals surface area contributed by atoms with E-state index in [-0.39, 0.29) is 101 Å². The Morgan fingerprint density at radius 2 is 1.20 bits per heavy atom. The molecule has 0 nitrogen and oxygen atoms in total.